The highest BCUT2D eigenvalue weighted by Crippen LogP contribution is 2.24. The molecule has 204 valence electrons. The van der Waals surface area contributed by atoms with E-state index >= 15 is 0 Å². The summed E-state index contributed by atoms with van der Waals surface area (Å²) in [6.07, 6.45) is -0.809. The first-order valence-corrected chi connectivity index (χ1v) is 12.9. The van der Waals surface area contributed by atoms with Crippen molar-refractivity contribution in [1.29, 1.82) is 0 Å². The van der Waals surface area contributed by atoms with E-state index in [2.05, 4.69) is 10.4 Å². The minimum atomic E-state index is -0.809. The topological polar surface area (TPSA) is 111 Å². The molecule has 1 aliphatic rings. The van der Waals surface area contributed by atoms with Crippen molar-refractivity contribution in [3.63, 3.8) is 0 Å². The van der Waals surface area contributed by atoms with Crippen molar-refractivity contribution in [2.45, 2.75) is 39.5 Å². The standard InChI is InChI=1S/C28H36FN5O4/c1-28(2,3)25(27(38)33-14-12-32(13-15-33)17-21(36)18-35)30-26(37)24-22-6-4-5-7-23(22)34(31-24)16-19-8-10-20(29)11-9-19/h4-11,21,25,35-36H,12-18H2,1-3H3,(H,30,37). The second kappa shape index (κ2) is 11.6. The number of carbonyl (C=O) groups is 2. The predicted octanol–water partition coefficient (Wildman–Crippen LogP) is 1.87. The van der Waals surface area contributed by atoms with Crippen molar-refractivity contribution < 1.29 is 24.2 Å². The molecule has 3 aromatic rings. The van der Waals surface area contributed by atoms with Crippen molar-refractivity contribution in [3.8, 4) is 0 Å². The molecule has 38 heavy (non-hydrogen) atoms. The predicted molar refractivity (Wildman–Crippen MR) is 142 cm³/mol. The van der Waals surface area contributed by atoms with E-state index in [0.717, 1.165) is 11.1 Å². The molecule has 9 nitrogen and oxygen atoms in total. The summed E-state index contributed by atoms with van der Waals surface area (Å²) in [6.45, 7) is 8.24. The van der Waals surface area contributed by atoms with E-state index in [-0.39, 0.29) is 24.0 Å². The summed E-state index contributed by atoms with van der Waals surface area (Å²) in [5.74, 6) is -0.915. The number of piperazine rings is 1. The van der Waals surface area contributed by atoms with Gasteiger partial charge in [0, 0.05) is 38.1 Å². The van der Waals surface area contributed by atoms with E-state index in [9.17, 15) is 19.1 Å². The molecule has 3 N–H and O–H groups in total. The van der Waals surface area contributed by atoms with Gasteiger partial charge < -0.3 is 20.4 Å². The summed E-state index contributed by atoms with van der Waals surface area (Å²) in [5.41, 5.74) is 1.29. The monoisotopic (exact) mass is 525 g/mol. The van der Waals surface area contributed by atoms with Gasteiger partial charge in [0.05, 0.1) is 24.8 Å². The van der Waals surface area contributed by atoms with Crippen molar-refractivity contribution in [3.05, 3.63) is 65.6 Å². The van der Waals surface area contributed by atoms with Gasteiger partial charge in [-0.15, -0.1) is 0 Å². The summed E-state index contributed by atoms with van der Waals surface area (Å²) in [7, 11) is 0. The number of para-hydroxylation sites is 1. The van der Waals surface area contributed by atoms with Gasteiger partial charge in [0.25, 0.3) is 5.91 Å². The maximum Gasteiger partial charge on any atom is 0.273 e. The lowest BCUT2D eigenvalue weighted by atomic mass is 9.85. The lowest BCUT2D eigenvalue weighted by molar-refractivity contribution is -0.137. The molecule has 2 aromatic carbocycles. The second-order valence-corrected chi connectivity index (χ2v) is 10.9. The van der Waals surface area contributed by atoms with Gasteiger partial charge in [0.15, 0.2) is 5.69 Å². The Kier molecular flexibility index (Phi) is 8.44. The number of hydrogen-bond acceptors (Lipinski definition) is 6. The highest BCUT2D eigenvalue weighted by molar-refractivity contribution is 6.06. The largest absolute Gasteiger partial charge is 0.394 e. The molecular formula is C28H36FN5O4. The number of benzene rings is 2. The Labute approximate surface area is 221 Å². The number of β-amino-alcohol motifs (C(OH)–C–C–N with tert-alkyl or cyclic N) is 1. The third-order valence-electron chi connectivity index (χ3n) is 6.87. The highest BCUT2D eigenvalue weighted by atomic mass is 19.1. The van der Waals surface area contributed by atoms with Gasteiger partial charge in [0.2, 0.25) is 5.91 Å². The first-order chi connectivity index (χ1) is 18.1. The third-order valence-corrected chi connectivity index (χ3v) is 6.87. The number of rotatable bonds is 8. The van der Waals surface area contributed by atoms with Gasteiger partial charge in [-0.05, 0) is 29.2 Å². The zero-order chi connectivity index (χ0) is 27.4. The molecule has 10 heteroatoms. The summed E-state index contributed by atoms with van der Waals surface area (Å²) >= 11 is 0. The average molecular weight is 526 g/mol. The molecule has 1 aromatic heterocycles. The molecule has 0 saturated carbocycles. The van der Waals surface area contributed by atoms with Gasteiger partial charge in [-0.2, -0.15) is 5.10 Å². The first kappa shape index (κ1) is 27.7. The van der Waals surface area contributed by atoms with Gasteiger partial charge in [-0.1, -0.05) is 51.1 Å². The van der Waals surface area contributed by atoms with Crippen LogP contribution in [0.25, 0.3) is 10.9 Å². The lowest BCUT2D eigenvalue weighted by Crippen LogP contribution is -2.59. The van der Waals surface area contributed by atoms with Gasteiger partial charge in [-0.3, -0.25) is 19.2 Å². The van der Waals surface area contributed by atoms with Crippen molar-refractivity contribution in [2.75, 3.05) is 39.3 Å². The van der Waals surface area contributed by atoms with E-state index in [1.807, 2.05) is 49.9 Å². The van der Waals surface area contributed by atoms with Crippen LogP contribution >= 0.6 is 0 Å². The van der Waals surface area contributed by atoms with Crippen LogP contribution in [-0.2, 0) is 11.3 Å². The highest BCUT2D eigenvalue weighted by Gasteiger charge is 2.37. The summed E-state index contributed by atoms with van der Waals surface area (Å²) in [4.78, 5) is 30.9. The molecule has 2 unspecified atom stereocenters. The Balaban J connectivity index is 1.52. The zero-order valence-electron chi connectivity index (χ0n) is 22.1. The maximum atomic E-state index is 13.6. The Hall–Kier alpha value is -3.34. The van der Waals surface area contributed by atoms with E-state index in [4.69, 9.17) is 5.11 Å². The molecule has 0 spiro atoms. The van der Waals surface area contributed by atoms with Crippen molar-refractivity contribution in [1.82, 2.24) is 24.9 Å². The van der Waals surface area contributed by atoms with E-state index in [0.29, 0.717) is 44.7 Å². The van der Waals surface area contributed by atoms with Crippen molar-refractivity contribution in [2.24, 2.45) is 5.41 Å². The first-order valence-electron chi connectivity index (χ1n) is 12.9. The second-order valence-electron chi connectivity index (χ2n) is 10.9. The molecule has 2 atom stereocenters. The molecule has 4 rings (SSSR count). The molecule has 1 fully saturated rings. The fourth-order valence-electron chi connectivity index (χ4n) is 4.72. The van der Waals surface area contributed by atoms with Crippen LogP contribution in [0.15, 0.2) is 48.5 Å². The van der Waals surface area contributed by atoms with Crippen LogP contribution in [0.2, 0.25) is 0 Å². The number of aliphatic hydroxyl groups excluding tert-OH is 2. The lowest BCUT2D eigenvalue weighted by Gasteiger charge is -2.39. The maximum absolute atomic E-state index is 13.6. The molecule has 0 bridgehead atoms. The molecule has 1 aliphatic heterocycles. The molecule has 2 heterocycles. The van der Waals surface area contributed by atoms with Crippen LogP contribution in [-0.4, -0.2) is 93.1 Å². The van der Waals surface area contributed by atoms with Crippen LogP contribution < -0.4 is 5.32 Å². The van der Waals surface area contributed by atoms with Crippen LogP contribution in [0.5, 0.6) is 0 Å². The van der Waals surface area contributed by atoms with E-state index < -0.39 is 23.5 Å². The van der Waals surface area contributed by atoms with Gasteiger partial charge in [-0.25, -0.2) is 4.39 Å². The number of fused-ring (bicyclic) bond motifs is 1. The summed E-state index contributed by atoms with van der Waals surface area (Å²) in [5, 5.41) is 27.0. The molecule has 1 saturated heterocycles. The van der Waals surface area contributed by atoms with Crippen LogP contribution in [0.1, 0.15) is 36.8 Å². The van der Waals surface area contributed by atoms with Gasteiger partial charge >= 0.3 is 0 Å². The Morgan fingerprint density at radius 1 is 1.05 bits per heavy atom. The summed E-state index contributed by atoms with van der Waals surface area (Å²) in [6, 6.07) is 12.8. The van der Waals surface area contributed by atoms with Crippen LogP contribution in [0.3, 0.4) is 0 Å². The number of aliphatic hydroxyl groups is 2. The Morgan fingerprint density at radius 2 is 1.71 bits per heavy atom. The minimum absolute atomic E-state index is 0.164. The minimum Gasteiger partial charge on any atom is -0.394 e. The number of aromatic nitrogens is 2. The average Bonchev–Trinajstić information content (AvgIpc) is 3.26. The van der Waals surface area contributed by atoms with Crippen molar-refractivity contribution >= 4 is 22.7 Å². The summed E-state index contributed by atoms with van der Waals surface area (Å²) < 4.78 is 15.1. The van der Waals surface area contributed by atoms with Crippen LogP contribution in [0.4, 0.5) is 4.39 Å². The number of hydrogen-bond donors (Lipinski definition) is 3. The number of nitrogens with one attached hydrogen (secondary N) is 1. The number of nitrogens with zero attached hydrogens (tertiary/aromatic N) is 4. The third kappa shape index (κ3) is 6.38. The SMILES string of the molecule is CC(C)(C)C(NC(=O)c1nn(Cc2ccc(F)cc2)c2ccccc12)C(=O)N1CCN(CC(O)CO)CC1. The normalized spacial score (nSPS) is 16.4. The van der Waals surface area contributed by atoms with E-state index in [1.54, 1.807) is 21.7 Å². The number of amides is 2. The molecule has 2 amide bonds. The molecule has 0 radical (unpaired) electrons. The quantitative estimate of drug-likeness (QED) is 0.414. The smallest absolute Gasteiger partial charge is 0.273 e. The fraction of sp³-hybridized carbons (Fsp3) is 0.464. The number of halogens is 1. The van der Waals surface area contributed by atoms with E-state index in [1.165, 1.54) is 12.1 Å². The molecular weight excluding hydrogens is 489 g/mol. The zero-order valence-corrected chi connectivity index (χ0v) is 22.1. The Morgan fingerprint density at radius 3 is 2.34 bits per heavy atom. The molecule has 0 aliphatic carbocycles. The van der Waals surface area contributed by atoms with Crippen LogP contribution in [0, 0.1) is 11.2 Å². The Bertz CT molecular complexity index is 1260. The van der Waals surface area contributed by atoms with Gasteiger partial charge in [0.1, 0.15) is 11.9 Å². The fourth-order valence-corrected chi connectivity index (χ4v) is 4.72. The number of carbonyl (C=O) groups excluding carboxylic acids is 2.